The summed E-state index contributed by atoms with van der Waals surface area (Å²) in [5, 5.41) is 10.8. The molecule has 1 fully saturated rings. The summed E-state index contributed by atoms with van der Waals surface area (Å²) in [4.78, 5) is 11.3. The van der Waals surface area contributed by atoms with Crippen LogP contribution in [0, 0.1) is 17.0 Å². The highest BCUT2D eigenvalue weighted by Crippen LogP contribution is 2.38. The summed E-state index contributed by atoms with van der Waals surface area (Å²) in [5.41, 5.74) is 1.12. The van der Waals surface area contributed by atoms with Gasteiger partial charge in [0.25, 0.3) is 5.69 Å². The molecule has 1 N–H and O–H groups in total. The molecule has 1 aliphatic rings. The van der Waals surface area contributed by atoms with Crippen molar-refractivity contribution in [3.63, 3.8) is 0 Å². The third-order valence-corrected chi connectivity index (χ3v) is 3.88. The van der Waals surface area contributed by atoms with Crippen LogP contribution in [0.2, 0.25) is 0 Å². The van der Waals surface area contributed by atoms with E-state index in [1.807, 2.05) is 6.07 Å². The smallest absolute Gasteiger partial charge is 0.258 e. The molecule has 0 saturated heterocycles. The first-order valence-electron chi connectivity index (χ1n) is 5.19. The largest absolute Gasteiger partial charge is 0.273 e. The Hall–Kier alpha value is -1.07. The summed E-state index contributed by atoms with van der Waals surface area (Å²) >= 11 is 1.48. The van der Waals surface area contributed by atoms with Crippen LogP contribution in [0.4, 0.5) is 5.69 Å². The molecule has 1 aromatic carbocycles. The van der Waals surface area contributed by atoms with Gasteiger partial charge in [0, 0.05) is 22.1 Å². The number of nitrogens with one attached hydrogen (secondary N) is 1. The van der Waals surface area contributed by atoms with Crippen molar-refractivity contribution in [3.8, 4) is 0 Å². The Morgan fingerprint density at radius 1 is 1.50 bits per heavy atom. The van der Waals surface area contributed by atoms with Gasteiger partial charge in [-0.1, -0.05) is 6.07 Å². The molecular weight excluding hydrogens is 224 g/mol. The van der Waals surface area contributed by atoms with Crippen molar-refractivity contribution < 1.29 is 4.92 Å². The Morgan fingerprint density at radius 2 is 2.19 bits per heavy atom. The van der Waals surface area contributed by atoms with E-state index < -0.39 is 0 Å². The van der Waals surface area contributed by atoms with Gasteiger partial charge in [0.1, 0.15) is 0 Å². The highest BCUT2D eigenvalue weighted by Gasteiger charge is 2.37. The van der Waals surface area contributed by atoms with Crippen LogP contribution >= 0.6 is 11.9 Å². The van der Waals surface area contributed by atoms with E-state index in [0.717, 1.165) is 4.90 Å². The predicted octanol–water partition coefficient (Wildman–Crippen LogP) is 3.05. The molecular formula is C11H14N2O2S. The number of nitrogens with zero attached hydrogens (tertiary/aromatic N) is 1. The number of nitro benzene ring substituents is 1. The standard InChI is InChI=1S/C11H14N2O2S/c1-8-3-4-9(7-10(8)13(14)15)16-12-11(2)5-6-11/h3-4,7,12H,5-6H2,1-2H3. The Kier molecular flexibility index (Phi) is 2.90. The highest BCUT2D eigenvalue weighted by molar-refractivity contribution is 7.97. The first-order chi connectivity index (χ1) is 7.50. The van der Waals surface area contributed by atoms with E-state index >= 15 is 0 Å². The van der Waals surface area contributed by atoms with Crippen molar-refractivity contribution in [1.82, 2.24) is 4.72 Å². The van der Waals surface area contributed by atoms with E-state index in [4.69, 9.17) is 0 Å². The molecule has 0 unspecified atom stereocenters. The van der Waals surface area contributed by atoms with E-state index in [1.165, 1.54) is 24.8 Å². The zero-order valence-corrected chi connectivity index (χ0v) is 10.1. The SMILES string of the molecule is Cc1ccc(SNC2(C)CC2)cc1[N+](=O)[O-]. The van der Waals surface area contributed by atoms with Crippen LogP contribution in [0.1, 0.15) is 25.3 Å². The summed E-state index contributed by atoms with van der Waals surface area (Å²) in [6, 6.07) is 5.32. The molecule has 1 aromatic rings. The van der Waals surface area contributed by atoms with Gasteiger partial charge in [0.15, 0.2) is 0 Å². The molecule has 0 aromatic heterocycles. The minimum atomic E-state index is -0.335. The molecule has 1 aliphatic carbocycles. The quantitative estimate of drug-likeness (QED) is 0.497. The molecule has 0 atom stereocenters. The fourth-order valence-corrected chi connectivity index (χ4v) is 2.20. The monoisotopic (exact) mass is 238 g/mol. The third-order valence-electron chi connectivity index (χ3n) is 2.79. The summed E-state index contributed by atoms with van der Waals surface area (Å²) in [7, 11) is 0. The van der Waals surface area contributed by atoms with Crippen molar-refractivity contribution in [2.24, 2.45) is 0 Å². The van der Waals surface area contributed by atoms with Crippen LogP contribution < -0.4 is 4.72 Å². The van der Waals surface area contributed by atoms with Crippen LogP contribution in [0.5, 0.6) is 0 Å². The number of hydrogen-bond donors (Lipinski definition) is 1. The second-order valence-corrected chi connectivity index (χ2v) is 5.35. The molecule has 0 heterocycles. The van der Waals surface area contributed by atoms with Gasteiger partial charge in [-0.25, -0.2) is 0 Å². The van der Waals surface area contributed by atoms with Crippen molar-refractivity contribution >= 4 is 17.6 Å². The molecule has 2 rings (SSSR count). The molecule has 16 heavy (non-hydrogen) atoms. The van der Waals surface area contributed by atoms with Gasteiger partial charge >= 0.3 is 0 Å². The van der Waals surface area contributed by atoms with E-state index in [0.29, 0.717) is 5.56 Å². The van der Waals surface area contributed by atoms with Crippen LogP contribution in [-0.4, -0.2) is 10.5 Å². The first kappa shape index (κ1) is 11.4. The zero-order chi connectivity index (χ0) is 11.8. The first-order valence-corrected chi connectivity index (χ1v) is 6.01. The van der Waals surface area contributed by atoms with Gasteiger partial charge in [-0.05, 0) is 44.7 Å². The Morgan fingerprint density at radius 3 is 2.75 bits per heavy atom. The third kappa shape index (κ3) is 2.54. The Balaban J connectivity index is 2.09. The molecule has 1 saturated carbocycles. The van der Waals surface area contributed by atoms with Crippen LogP contribution in [0.3, 0.4) is 0 Å². The zero-order valence-electron chi connectivity index (χ0n) is 9.32. The lowest BCUT2D eigenvalue weighted by atomic mass is 10.2. The maximum absolute atomic E-state index is 10.8. The fraction of sp³-hybridized carbons (Fsp3) is 0.455. The second-order valence-electron chi connectivity index (χ2n) is 4.47. The van der Waals surface area contributed by atoms with Gasteiger partial charge < -0.3 is 0 Å². The maximum atomic E-state index is 10.8. The van der Waals surface area contributed by atoms with Gasteiger partial charge in [0.05, 0.1) is 4.92 Å². The summed E-state index contributed by atoms with van der Waals surface area (Å²) < 4.78 is 3.33. The van der Waals surface area contributed by atoms with Crippen molar-refractivity contribution in [1.29, 1.82) is 0 Å². The predicted molar refractivity (Wildman–Crippen MR) is 64.5 cm³/mol. The normalized spacial score (nSPS) is 17.1. The molecule has 0 spiro atoms. The minimum absolute atomic E-state index is 0.188. The van der Waals surface area contributed by atoms with Crippen molar-refractivity contribution in [2.75, 3.05) is 0 Å². The number of hydrogen-bond acceptors (Lipinski definition) is 4. The number of aryl methyl sites for hydroxylation is 1. The molecule has 0 radical (unpaired) electrons. The molecule has 0 bridgehead atoms. The van der Waals surface area contributed by atoms with Crippen molar-refractivity contribution in [3.05, 3.63) is 33.9 Å². The number of rotatable bonds is 4. The number of benzene rings is 1. The molecule has 4 nitrogen and oxygen atoms in total. The van der Waals surface area contributed by atoms with E-state index in [1.54, 1.807) is 19.1 Å². The van der Waals surface area contributed by atoms with Crippen molar-refractivity contribution in [2.45, 2.75) is 37.1 Å². The fourth-order valence-electron chi connectivity index (χ4n) is 1.32. The van der Waals surface area contributed by atoms with Gasteiger partial charge in [-0.2, -0.15) is 0 Å². The highest BCUT2D eigenvalue weighted by atomic mass is 32.2. The molecule has 5 heteroatoms. The van der Waals surface area contributed by atoms with E-state index in [9.17, 15) is 10.1 Å². The topological polar surface area (TPSA) is 55.2 Å². The Labute approximate surface area is 98.7 Å². The molecule has 0 aliphatic heterocycles. The van der Waals surface area contributed by atoms with E-state index in [2.05, 4.69) is 11.6 Å². The molecule has 0 amide bonds. The maximum Gasteiger partial charge on any atom is 0.273 e. The lowest BCUT2D eigenvalue weighted by Gasteiger charge is -2.10. The van der Waals surface area contributed by atoms with Crippen LogP contribution in [0.25, 0.3) is 0 Å². The second kappa shape index (κ2) is 4.07. The average molecular weight is 238 g/mol. The average Bonchev–Trinajstić information content (AvgIpc) is 2.96. The minimum Gasteiger partial charge on any atom is -0.258 e. The summed E-state index contributed by atoms with van der Waals surface area (Å²) in [5.74, 6) is 0. The Bertz CT molecular complexity index is 430. The van der Waals surface area contributed by atoms with Gasteiger partial charge in [0.2, 0.25) is 0 Å². The van der Waals surface area contributed by atoms with Crippen LogP contribution in [-0.2, 0) is 0 Å². The van der Waals surface area contributed by atoms with Gasteiger partial charge in [-0.3, -0.25) is 14.8 Å². The number of nitro groups is 1. The van der Waals surface area contributed by atoms with Gasteiger partial charge in [-0.15, -0.1) is 0 Å². The summed E-state index contributed by atoms with van der Waals surface area (Å²) in [6.45, 7) is 3.91. The molecule has 86 valence electrons. The van der Waals surface area contributed by atoms with Crippen LogP contribution in [0.15, 0.2) is 23.1 Å². The lowest BCUT2D eigenvalue weighted by molar-refractivity contribution is -0.385. The van der Waals surface area contributed by atoms with E-state index in [-0.39, 0.29) is 16.1 Å². The summed E-state index contributed by atoms with van der Waals surface area (Å²) in [6.07, 6.45) is 2.35. The lowest BCUT2D eigenvalue weighted by Crippen LogP contribution is -2.19.